The van der Waals surface area contributed by atoms with Crippen LogP contribution in [0.4, 0.5) is 5.69 Å². The predicted octanol–water partition coefficient (Wildman–Crippen LogP) is 1.44. The number of sulfonamides is 1. The average molecular weight is 298 g/mol. The van der Waals surface area contributed by atoms with Gasteiger partial charge in [0.25, 0.3) is 0 Å². The number of fused-ring (bicyclic) bond motifs is 1. The topological polar surface area (TPSA) is 69.6 Å². The normalized spacial score (nSPS) is 14.3. The number of aliphatic hydroxyl groups excluding tert-OH is 1. The van der Waals surface area contributed by atoms with Gasteiger partial charge in [0.15, 0.2) is 0 Å². The van der Waals surface area contributed by atoms with E-state index in [4.69, 9.17) is 5.11 Å². The fourth-order valence-corrected chi connectivity index (χ4v) is 3.87. The molecule has 0 bridgehead atoms. The first-order valence-electron chi connectivity index (χ1n) is 7.07. The average Bonchev–Trinajstić information content (AvgIpc) is 2.90. The maximum absolute atomic E-state index is 12.6. The number of nitrogens with one attached hydrogen (secondary N) is 1. The summed E-state index contributed by atoms with van der Waals surface area (Å²) in [6.45, 7) is 3.31. The van der Waals surface area contributed by atoms with Gasteiger partial charge < -0.3 is 10.4 Å². The summed E-state index contributed by atoms with van der Waals surface area (Å²) in [7, 11) is -3.52. The summed E-state index contributed by atoms with van der Waals surface area (Å²) in [6.07, 6.45) is 2.65. The zero-order chi connectivity index (χ0) is 14.6. The van der Waals surface area contributed by atoms with Crippen molar-refractivity contribution in [1.29, 1.82) is 0 Å². The molecule has 2 N–H and O–H groups in total. The lowest BCUT2D eigenvalue weighted by Gasteiger charge is -2.21. The van der Waals surface area contributed by atoms with Gasteiger partial charge in [0.2, 0.25) is 10.0 Å². The molecule has 6 heteroatoms. The third-order valence-electron chi connectivity index (χ3n) is 3.54. The highest BCUT2D eigenvalue weighted by Crippen LogP contribution is 2.27. The third kappa shape index (κ3) is 3.13. The van der Waals surface area contributed by atoms with Crippen molar-refractivity contribution in [3.63, 3.8) is 0 Å². The molecule has 1 aromatic rings. The Labute approximate surface area is 120 Å². The molecule has 0 saturated heterocycles. The minimum absolute atomic E-state index is 0.146. The Kier molecular flexibility index (Phi) is 5.01. The van der Waals surface area contributed by atoms with Crippen LogP contribution in [-0.2, 0) is 16.4 Å². The molecule has 112 valence electrons. The highest BCUT2D eigenvalue weighted by Gasteiger charge is 2.25. The molecule has 0 amide bonds. The van der Waals surface area contributed by atoms with Crippen molar-refractivity contribution in [3.05, 3.63) is 23.8 Å². The van der Waals surface area contributed by atoms with Gasteiger partial charge in [0.05, 0.1) is 11.5 Å². The van der Waals surface area contributed by atoms with E-state index in [1.807, 2.05) is 13.0 Å². The number of nitrogens with zero attached hydrogens (tertiary/aromatic N) is 1. The van der Waals surface area contributed by atoms with Crippen molar-refractivity contribution in [3.8, 4) is 0 Å². The van der Waals surface area contributed by atoms with Crippen LogP contribution in [0.15, 0.2) is 23.1 Å². The summed E-state index contributed by atoms with van der Waals surface area (Å²) in [5.41, 5.74) is 2.07. The monoisotopic (exact) mass is 298 g/mol. The van der Waals surface area contributed by atoms with Crippen LogP contribution in [0, 0.1) is 0 Å². The molecule has 0 spiro atoms. The summed E-state index contributed by atoms with van der Waals surface area (Å²) in [6, 6.07) is 5.24. The molecular formula is C14H22N2O3S. The summed E-state index contributed by atoms with van der Waals surface area (Å²) in [5.74, 6) is 0. The van der Waals surface area contributed by atoms with E-state index < -0.39 is 10.0 Å². The molecule has 1 heterocycles. The van der Waals surface area contributed by atoms with Gasteiger partial charge in [0.1, 0.15) is 0 Å². The Morgan fingerprint density at radius 3 is 2.85 bits per heavy atom. The molecule has 0 aliphatic carbocycles. The minimum Gasteiger partial charge on any atom is -0.395 e. The molecule has 0 unspecified atom stereocenters. The van der Waals surface area contributed by atoms with E-state index >= 15 is 0 Å². The summed E-state index contributed by atoms with van der Waals surface area (Å²) in [4.78, 5) is 0.301. The van der Waals surface area contributed by atoms with E-state index in [0.717, 1.165) is 37.1 Å². The van der Waals surface area contributed by atoms with Crippen LogP contribution < -0.4 is 5.32 Å². The highest BCUT2D eigenvalue weighted by molar-refractivity contribution is 7.89. The molecular weight excluding hydrogens is 276 g/mol. The van der Waals surface area contributed by atoms with Gasteiger partial charge in [0, 0.05) is 25.3 Å². The standard InChI is InChI=1S/C14H22N2O3S/c1-2-3-8-16(9-10-17)20(18,19)13-5-4-12-6-7-15-14(12)11-13/h4-5,11,15,17H,2-3,6-10H2,1H3. The molecule has 2 rings (SSSR count). The molecule has 20 heavy (non-hydrogen) atoms. The van der Waals surface area contributed by atoms with Crippen molar-refractivity contribution < 1.29 is 13.5 Å². The largest absolute Gasteiger partial charge is 0.395 e. The van der Waals surface area contributed by atoms with Crippen molar-refractivity contribution in [2.24, 2.45) is 0 Å². The quantitative estimate of drug-likeness (QED) is 0.799. The van der Waals surface area contributed by atoms with Gasteiger partial charge in [-0.15, -0.1) is 0 Å². The van der Waals surface area contributed by atoms with Crippen molar-refractivity contribution in [2.45, 2.75) is 31.1 Å². The Morgan fingerprint density at radius 1 is 1.35 bits per heavy atom. The van der Waals surface area contributed by atoms with E-state index in [9.17, 15) is 8.42 Å². The lowest BCUT2D eigenvalue weighted by molar-refractivity contribution is 0.252. The summed E-state index contributed by atoms with van der Waals surface area (Å²) < 4.78 is 26.6. The lowest BCUT2D eigenvalue weighted by Crippen LogP contribution is -2.34. The molecule has 1 aromatic carbocycles. The van der Waals surface area contributed by atoms with Crippen molar-refractivity contribution in [2.75, 3.05) is 31.6 Å². The van der Waals surface area contributed by atoms with Crippen LogP contribution >= 0.6 is 0 Å². The SMILES string of the molecule is CCCCN(CCO)S(=O)(=O)c1ccc2c(c1)NCC2. The van der Waals surface area contributed by atoms with E-state index in [2.05, 4.69) is 5.32 Å². The summed E-state index contributed by atoms with van der Waals surface area (Å²) in [5, 5.41) is 12.3. The summed E-state index contributed by atoms with van der Waals surface area (Å²) >= 11 is 0. The van der Waals surface area contributed by atoms with Crippen LogP contribution in [0.3, 0.4) is 0 Å². The number of aliphatic hydroxyl groups is 1. The number of unbranched alkanes of at least 4 members (excludes halogenated alkanes) is 1. The molecule has 0 saturated carbocycles. The first-order valence-corrected chi connectivity index (χ1v) is 8.51. The Hall–Kier alpha value is -1.11. The van der Waals surface area contributed by atoms with Gasteiger partial charge in [-0.1, -0.05) is 19.4 Å². The highest BCUT2D eigenvalue weighted by atomic mass is 32.2. The van der Waals surface area contributed by atoms with E-state index in [-0.39, 0.29) is 13.2 Å². The number of hydrogen-bond acceptors (Lipinski definition) is 4. The number of anilines is 1. The second kappa shape index (κ2) is 6.56. The molecule has 1 aliphatic rings. The van der Waals surface area contributed by atoms with Crippen molar-refractivity contribution in [1.82, 2.24) is 4.31 Å². The van der Waals surface area contributed by atoms with Gasteiger partial charge in [-0.05, 0) is 30.5 Å². The zero-order valence-corrected chi connectivity index (χ0v) is 12.6. The lowest BCUT2D eigenvalue weighted by atomic mass is 10.2. The molecule has 1 aliphatic heterocycles. The van der Waals surface area contributed by atoms with Gasteiger partial charge in [-0.25, -0.2) is 8.42 Å². The second-order valence-corrected chi connectivity index (χ2v) is 6.91. The Balaban J connectivity index is 2.27. The minimum atomic E-state index is -3.52. The number of benzene rings is 1. The van der Waals surface area contributed by atoms with Crippen LogP contribution in [0.5, 0.6) is 0 Å². The van der Waals surface area contributed by atoms with Crippen LogP contribution in [0.1, 0.15) is 25.3 Å². The van der Waals surface area contributed by atoms with Crippen LogP contribution in [0.2, 0.25) is 0 Å². The first kappa shape index (κ1) is 15.3. The fourth-order valence-electron chi connectivity index (χ4n) is 2.38. The van der Waals surface area contributed by atoms with Crippen LogP contribution in [0.25, 0.3) is 0 Å². The number of rotatable bonds is 7. The van der Waals surface area contributed by atoms with E-state index in [0.29, 0.717) is 11.4 Å². The van der Waals surface area contributed by atoms with Crippen LogP contribution in [-0.4, -0.2) is 44.1 Å². The van der Waals surface area contributed by atoms with E-state index in [1.54, 1.807) is 12.1 Å². The van der Waals surface area contributed by atoms with Crippen molar-refractivity contribution >= 4 is 15.7 Å². The Morgan fingerprint density at radius 2 is 2.15 bits per heavy atom. The predicted molar refractivity (Wildman–Crippen MR) is 79.4 cm³/mol. The molecule has 0 aromatic heterocycles. The van der Waals surface area contributed by atoms with Gasteiger partial charge >= 0.3 is 0 Å². The molecule has 5 nitrogen and oxygen atoms in total. The molecule has 0 radical (unpaired) electrons. The second-order valence-electron chi connectivity index (χ2n) is 4.98. The van der Waals surface area contributed by atoms with E-state index in [1.165, 1.54) is 4.31 Å². The molecule has 0 fully saturated rings. The van der Waals surface area contributed by atoms with Gasteiger partial charge in [-0.3, -0.25) is 0 Å². The third-order valence-corrected chi connectivity index (χ3v) is 5.43. The maximum Gasteiger partial charge on any atom is 0.243 e. The smallest absolute Gasteiger partial charge is 0.243 e. The number of hydrogen-bond donors (Lipinski definition) is 2. The first-order chi connectivity index (χ1) is 9.59. The molecule has 0 atom stereocenters. The maximum atomic E-state index is 12.6. The zero-order valence-electron chi connectivity index (χ0n) is 11.8. The Bertz CT molecular complexity index is 558. The van der Waals surface area contributed by atoms with Gasteiger partial charge in [-0.2, -0.15) is 4.31 Å². The fraction of sp³-hybridized carbons (Fsp3) is 0.571.